The highest BCUT2D eigenvalue weighted by molar-refractivity contribution is 7.92. The van der Waals surface area contributed by atoms with Crippen LogP contribution in [0.2, 0.25) is 0 Å². The maximum atomic E-state index is 12.9. The summed E-state index contributed by atoms with van der Waals surface area (Å²) in [4.78, 5) is 0.289. The van der Waals surface area contributed by atoms with Gasteiger partial charge in [0.2, 0.25) is 0 Å². The maximum Gasteiger partial charge on any atom is 0.262 e. The number of nitrogens with one attached hydrogen (secondary N) is 1. The Morgan fingerprint density at radius 1 is 1.12 bits per heavy atom. The van der Waals surface area contributed by atoms with Gasteiger partial charge in [0.15, 0.2) is 0 Å². The van der Waals surface area contributed by atoms with E-state index in [1.54, 1.807) is 26.2 Å². The second-order valence-electron chi connectivity index (χ2n) is 6.92. The predicted molar refractivity (Wildman–Crippen MR) is 108 cm³/mol. The molecule has 0 aliphatic heterocycles. The molecule has 0 unspecified atom stereocenters. The highest BCUT2D eigenvalue weighted by Crippen LogP contribution is 2.32. The van der Waals surface area contributed by atoms with Gasteiger partial charge >= 0.3 is 0 Å². The molecule has 0 saturated heterocycles. The molecular formula is C21H29NO3S. The van der Waals surface area contributed by atoms with E-state index in [-0.39, 0.29) is 10.8 Å². The third-order valence-corrected chi connectivity index (χ3v) is 5.99. The van der Waals surface area contributed by atoms with Crippen LogP contribution in [0.1, 0.15) is 56.2 Å². The first kappa shape index (κ1) is 20.3. The van der Waals surface area contributed by atoms with Crippen LogP contribution in [0.25, 0.3) is 0 Å². The zero-order chi connectivity index (χ0) is 19.3. The number of anilines is 1. The molecule has 1 N–H and O–H groups in total. The van der Waals surface area contributed by atoms with Crippen LogP contribution >= 0.6 is 0 Å². The molecule has 0 fully saturated rings. The van der Waals surface area contributed by atoms with Crippen LogP contribution in [-0.4, -0.2) is 15.5 Å². The maximum absolute atomic E-state index is 12.9. The highest BCUT2D eigenvalue weighted by Gasteiger charge is 2.21. The van der Waals surface area contributed by atoms with Gasteiger partial charge < -0.3 is 4.74 Å². The molecule has 142 valence electrons. The first-order valence-corrected chi connectivity index (χ1v) is 10.6. The molecule has 2 rings (SSSR count). The number of aryl methyl sites for hydroxylation is 2. The molecule has 0 amide bonds. The van der Waals surface area contributed by atoms with Crippen molar-refractivity contribution in [3.8, 4) is 5.75 Å². The molecule has 0 spiro atoms. The lowest BCUT2D eigenvalue weighted by molar-refractivity contribution is 0.406. The molecule has 0 saturated carbocycles. The van der Waals surface area contributed by atoms with E-state index in [1.165, 1.54) is 5.56 Å². The van der Waals surface area contributed by atoms with Crippen LogP contribution < -0.4 is 9.46 Å². The van der Waals surface area contributed by atoms with E-state index in [9.17, 15) is 8.42 Å². The zero-order valence-electron chi connectivity index (χ0n) is 16.3. The first-order valence-electron chi connectivity index (χ1n) is 9.08. The summed E-state index contributed by atoms with van der Waals surface area (Å²) in [6.07, 6.45) is 3.29. The van der Waals surface area contributed by atoms with Gasteiger partial charge in [-0.2, -0.15) is 0 Å². The Morgan fingerprint density at radius 3 is 2.31 bits per heavy atom. The second kappa shape index (κ2) is 8.58. The van der Waals surface area contributed by atoms with Crippen LogP contribution in [0, 0.1) is 6.92 Å². The Morgan fingerprint density at radius 2 is 1.77 bits per heavy atom. The van der Waals surface area contributed by atoms with Crippen LogP contribution in [0.4, 0.5) is 5.69 Å². The van der Waals surface area contributed by atoms with E-state index in [4.69, 9.17) is 4.74 Å². The summed E-state index contributed by atoms with van der Waals surface area (Å²) in [6, 6.07) is 11.1. The quantitative estimate of drug-likeness (QED) is 0.684. The average molecular weight is 376 g/mol. The molecule has 5 heteroatoms. The molecule has 4 nitrogen and oxygen atoms in total. The topological polar surface area (TPSA) is 55.4 Å². The van der Waals surface area contributed by atoms with Gasteiger partial charge in [0.05, 0.1) is 12.0 Å². The van der Waals surface area contributed by atoms with Gasteiger partial charge in [0, 0.05) is 5.69 Å². The Hall–Kier alpha value is -2.01. The van der Waals surface area contributed by atoms with Crippen molar-refractivity contribution in [2.24, 2.45) is 0 Å². The highest BCUT2D eigenvalue weighted by atomic mass is 32.2. The van der Waals surface area contributed by atoms with Gasteiger partial charge in [-0.25, -0.2) is 8.42 Å². The van der Waals surface area contributed by atoms with Gasteiger partial charge in [0.1, 0.15) is 5.75 Å². The molecule has 0 aliphatic rings. The van der Waals surface area contributed by atoms with E-state index < -0.39 is 10.0 Å². The summed E-state index contributed by atoms with van der Waals surface area (Å²) in [5, 5.41) is 0. The van der Waals surface area contributed by atoms with Crippen molar-refractivity contribution in [3.05, 3.63) is 53.1 Å². The summed E-state index contributed by atoms with van der Waals surface area (Å²) < 4.78 is 33.9. The van der Waals surface area contributed by atoms with E-state index in [0.29, 0.717) is 11.3 Å². The van der Waals surface area contributed by atoms with Crippen molar-refractivity contribution >= 4 is 15.7 Å². The van der Waals surface area contributed by atoms with E-state index >= 15 is 0 Å². The standard InChI is InChI=1S/C21H29NO3S/c1-6-7-8-17-9-11-18(12-10-17)22-26(23,24)21-14-19(15(2)3)20(25-5)13-16(21)4/h9-15,22H,6-8H2,1-5H3. The van der Waals surface area contributed by atoms with E-state index in [1.807, 2.05) is 38.1 Å². The summed E-state index contributed by atoms with van der Waals surface area (Å²) >= 11 is 0. The Labute approximate surface area is 157 Å². The minimum absolute atomic E-state index is 0.164. The number of methoxy groups -OCH3 is 1. The van der Waals surface area contributed by atoms with E-state index in [2.05, 4.69) is 11.6 Å². The molecule has 0 atom stereocenters. The third-order valence-electron chi connectivity index (χ3n) is 4.46. The molecule has 26 heavy (non-hydrogen) atoms. The van der Waals surface area contributed by atoms with Crippen molar-refractivity contribution in [3.63, 3.8) is 0 Å². The monoisotopic (exact) mass is 375 g/mol. The molecule has 0 bridgehead atoms. The number of hydrogen-bond acceptors (Lipinski definition) is 3. The number of hydrogen-bond donors (Lipinski definition) is 1. The molecule has 0 radical (unpaired) electrons. The molecule has 2 aromatic rings. The smallest absolute Gasteiger partial charge is 0.262 e. The minimum atomic E-state index is -3.66. The molecular weight excluding hydrogens is 346 g/mol. The fourth-order valence-corrected chi connectivity index (χ4v) is 4.25. The SMILES string of the molecule is CCCCc1ccc(NS(=O)(=O)c2cc(C(C)C)c(OC)cc2C)cc1. The lowest BCUT2D eigenvalue weighted by Crippen LogP contribution is -2.15. The van der Waals surface area contributed by atoms with Crippen LogP contribution in [-0.2, 0) is 16.4 Å². The number of sulfonamides is 1. The van der Waals surface area contributed by atoms with Crippen molar-refractivity contribution in [1.29, 1.82) is 0 Å². The summed E-state index contributed by atoms with van der Waals surface area (Å²) in [7, 11) is -2.06. The van der Waals surface area contributed by atoms with Crippen LogP contribution in [0.5, 0.6) is 5.75 Å². The van der Waals surface area contributed by atoms with Crippen molar-refractivity contribution < 1.29 is 13.2 Å². The molecule has 2 aromatic carbocycles. The van der Waals surface area contributed by atoms with Gasteiger partial charge in [-0.3, -0.25) is 4.72 Å². The first-order chi connectivity index (χ1) is 12.3. The van der Waals surface area contributed by atoms with Crippen LogP contribution in [0.15, 0.2) is 41.3 Å². The minimum Gasteiger partial charge on any atom is -0.496 e. The lowest BCUT2D eigenvalue weighted by Gasteiger charge is -2.17. The second-order valence-corrected chi connectivity index (χ2v) is 8.57. The normalized spacial score (nSPS) is 11.6. The predicted octanol–water partition coefficient (Wildman–Crippen LogP) is 5.27. The van der Waals surface area contributed by atoms with Gasteiger partial charge in [0.25, 0.3) is 10.0 Å². The summed E-state index contributed by atoms with van der Waals surface area (Å²) in [5.41, 5.74) is 3.34. The fourth-order valence-electron chi connectivity index (χ4n) is 2.93. The van der Waals surface area contributed by atoms with Crippen LogP contribution in [0.3, 0.4) is 0 Å². The van der Waals surface area contributed by atoms with E-state index in [0.717, 1.165) is 30.6 Å². The average Bonchev–Trinajstić information content (AvgIpc) is 2.60. The lowest BCUT2D eigenvalue weighted by atomic mass is 10.0. The van der Waals surface area contributed by atoms with Crippen molar-refractivity contribution in [2.45, 2.75) is 57.8 Å². The summed E-state index contributed by atoms with van der Waals surface area (Å²) in [6.45, 7) is 7.98. The molecule has 0 heterocycles. The Balaban J connectivity index is 2.31. The Kier molecular flexibility index (Phi) is 6.70. The van der Waals surface area contributed by atoms with Gasteiger partial charge in [-0.1, -0.05) is 39.3 Å². The number of unbranched alkanes of at least 4 members (excludes halogenated alkanes) is 1. The number of benzene rings is 2. The van der Waals surface area contributed by atoms with Crippen molar-refractivity contribution in [1.82, 2.24) is 0 Å². The van der Waals surface area contributed by atoms with Crippen molar-refractivity contribution in [2.75, 3.05) is 11.8 Å². The third kappa shape index (κ3) is 4.79. The number of ether oxygens (including phenoxy) is 1. The zero-order valence-corrected chi connectivity index (χ0v) is 17.1. The van der Waals surface area contributed by atoms with Gasteiger partial charge in [-0.05, 0) is 66.6 Å². The molecule has 0 aromatic heterocycles. The van der Waals surface area contributed by atoms with Gasteiger partial charge in [-0.15, -0.1) is 0 Å². The summed E-state index contributed by atoms with van der Waals surface area (Å²) in [5.74, 6) is 0.883. The fraction of sp³-hybridized carbons (Fsp3) is 0.429. The Bertz CT molecular complexity index is 840. The number of rotatable bonds is 8. The molecule has 0 aliphatic carbocycles. The largest absolute Gasteiger partial charge is 0.496 e.